The highest BCUT2D eigenvalue weighted by molar-refractivity contribution is 7.92. The lowest BCUT2D eigenvalue weighted by Crippen LogP contribution is -2.17. The SMILES string of the molecule is COC(=O)c1cc(S(=O)(=O)Nc2ccc(OC)cc2C(=O)OC)ccc1O. The number of aromatic hydroxyl groups is 1. The Morgan fingerprint density at radius 3 is 2.15 bits per heavy atom. The van der Waals surface area contributed by atoms with Gasteiger partial charge in [-0.1, -0.05) is 0 Å². The molecule has 9 nitrogen and oxygen atoms in total. The van der Waals surface area contributed by atoms with Crippen molar-refractivity contribution in [2.75, 3.05) is 26.1 Å². The molecule has 2 aromatic carbocycles. The average molecular weight is 395 g/mol. The van der Waals surface area contributed by atoms with Crippen LogP contribution in [-0.4, -0.2) is 46.8 Å². The summed E-state index contributed by atoms with van der Waals surface area (Å²) < 4.78 is 41.8. The highest BCUT2D eigenvalue weighted by Gasteiger charge is 2.22. The molecule has 0 aliphatic heterocycles. The summed E-state index contributed by atoms with van der Waals surface area (Å²) in [4.78, 5) is 23.3. The molecule has 0 atom stereocenters. The zero-order valence-electron chi connectivity index (χ0n) is 14.7. The smallest absolute Gasteiger partial charge is 0.341 e. The predicted molar refractivity (Wildman–Crippen MR) is 94.6 cm³/mol. The number of nitrogens with one attached hydrogen (secondary N) is 1. The van der Waals surface area contributed by atoms with Crippen molar-refractivity contribution < 1.29 is 37.3 Å². The average Bonchev–Trinajstić information content (AvgIpc) is 2.66. The Labute approximate surface area is 155 Å². The lowest BCUT2D eigenvalue weighted by Gasteiger charge is -2.13. The number of anilines is 1. The normalized spacial score (nSPS) is 10.8. The Morgan fingerprint density at radius 1 is 0.926 bits per heavy atom. The minimum Gasteiger partial charge on any atom is -0.507 e. The van der Waals surface area contributed by atoms with Gasteiger partial charge in [0.25, 0.3) is 10.0 Å². The van der Waals surface area contributed by atoms with Gasteiger partial charge in [0, 0.05) is 0 Å². The number of benzene rings is 2. The van der Waals surface area contributed by atoms with Gasteiger partial charge in [-0.2, -0.15) is 0 Å². The molecule has 27 heavy (non-hydrogen) atoms. The van der Waals surface area contributed by atoms with Gasteiger partial charge < -0.3 is 19.3 Å². The molecule has 0 spiro atoms. The Hall–Kier alpha value is -3.27. The summed E-state index contributed by atoms with van der Waals surface area (Å²) in [5, 5.41) is 9.71. The number of phenolic OH excluding ortho intramolecular Hbond substituents is 1. The molecule has 0 heterocycles. The molecule has 0 saturated heterocycles. The maximum absolute atomic E-state index is 12.7. The number of ether oxygens (including phenoxy) is 3. The fraction of sp³-hybridized carbons (Fsp3) is 0.176. The van der Waals surface area contributed by atoms with E-state index in [0.29, 0.717) is 5.75 Å². The maximum Gasteiger partial charge on any atom is 0.341 e. The topological polar surface area (TPSA) is 128 Å². The van der Waals surface area contributed by atoms with E-state index in [4.69, 9.17) is 4.74 Å². The molecule has 0 unspecified atom stereocenters. The Morgan fingerprint density at radius 2 is 1.56 bits per heavy atom. The van der Waals surface area contributed by atoms with Crippen molar-refractivity contribution in [1.29, 1.82) is 0 Å². The third kappa shape index (κ3) is 4.29. The quantitative estimate of drug-likeness (QED) is 0.708. The highest BCUT2D eigenvalue weighted by Crippen LogP contribution is 2.27. The number of carbonyl (C=O) groups excluding carboxylic acids is 2. The van der Waals surface area contributed by atoms with E-state index in [-0.39, 0.29) is 21.7 Å². The standard InChI is InChI=1S/C17H17NO8S/c1-24-10-4-6-14(12(8-10)16(20)25-2)18-27(22,23)11-5-7-15(19)13(9-11)17(21)26-3/h4-9,18-19H,1-3H3. The lowest BCUT2D eigenvalue weighted by atomic mass is 10.2. The van der Waals surface area contributed by atoms with E-state index in [2.05, 4.69) is 14.2 Å². The first kappa shape index (κ1) is 20.0. The van der Waals surface area contributed by atoms with Crippen LogP contribution < -0.4 is 9.46 Å². The van der Waals surface area contributed by atoms with E-state index in [0.717, 1.165) is 32.4 Å². The zero-order valence-corrected chi connectivity index (χ0v) is 15.5. The van der Waals surface area contributed by atoms with E-state index in [1.54, 1.807) is 0 Å². The zero-order chi connectivity index (χ0) is 20.2. The minimum absolute atomic E-state index is 0.0460. The third-order valence-corrected chi connectivity index (χ3v) is 4.92. The van der Waals surface area contributed by atoms with Gasteiger partial charge in [-0.3, -0.25) is 4.72 Å². The summed E-state index contributed by atoms with van der Waals surface area (Å²) in [6.45, 7) is 0. The van der Waals surface area contributed by atoms with E-state index < -0.39 is 27.7 Å². The largest absolute Gasteiger partial charge is 0.507 e. The number of hydrogen-bond acceptors (Lipinski definition) is 8. The van der Waals surface area contributed by atoms with Gasteiger partial charge >= 0.3 is 11.9 Å². The Kier molecular flexibility index (Phi) is 5.91. The molecule has 0 fully saturated rings. The minimum atomic E-state index is -4.20. The van der Waals surface area contributed by atoms with Crippen LogP contribution in [0.5, 0.6) is 11.5 Å². The van der Waals surface area contributed by atoms with Crippen molar-refractivity contribution >= 4 is 27.6 Å². The summed E-state index contributed by atoms with van der Waals surface area (Å²) >= 11 is 0. The van der Waals surface area contributed by atoms with Crippen LogP contribution in [0.2, 0.25) is 0 Å². The molecule has 144 valence electrons. The number of hydrogen-bond donors (Lipinski definition) is 2. The Balaban J connectivity index is 2.48. The first-order valence-corrected chi connectivity index (χ1v) is 8.92. The number of sulfonamides is 1. The number of methoxy groups -OCH3 is 3. The van der Waals surface area contributed by atoms with Crippen molar-refractivity contribution in [3.8, 4) is 11.5 Å². The van der Waals surface area contributed by atoms with Gasteiger partial charge in [-0.25, -0.2) is 18.0 Å². The molecular weight excluding hydrogens is 378 g/mol. The van der Waals surface area contributed by atoms with Gasteiger partial charge in [0.1, 0.15) is 17.1 Å². The molecule has 2 N–H and O–H groups in total. The molecule has 0 saturated carbocycles. The van der Waals surface area contributed by atoms with Gasteiger partial charge in [-0.05, 0) is 36.4 Å². The van der Waals surface area contributed by atoms with Crippen LogP contribution in [0.1, 0.15) is 20.7 Å². The van der Waals surface area contributed by atoms with Crippen LogP contribution in [0, 0.1) is 0 Å². The summed E-state index contributed by atoms with van der Waals surface area (Å²) in [5.41, 5.74) is -0.425. The molecule has 0 aromatic heterocycles. The summed E-state index contributed by atoms with van der Waals surface area (Å²) in [5.74, 6) is -1.77. The monoisotopic (exact) mass is 395 g/mol. The van der Waals surface area contributed by atoms with Gasteiger partial charge in [0.2, 0.25) is 0 Å². The van der Waals surface area contributed by atoms with E-state index in [9.17, 15) is 23.1 Å². The van der Waals surface area contributed by atoms with Crippen LogP contribution in [0.25, 0.3) is 0 Å². The maximum atomic E-state index is 12.7. The van der Waals surface area contributed by atoms with Crippen LogP contribution in [0.15, 0.2) is 41.3 Å². The number of phenols is 1. The molecule has 0 radical (unpaired) electrons. The van der Waals surface area contributed by atoms with E-state index in [1.807, 2.05) is 0 Å². The van der Waals surface area contributed by atoms with Crippen LogP contribution in [0.3, 0.4) is 0 Å². The van der Waals surface area contributed by atoms with Gasteiger partial charge in [0.15, 0.2) is 0 Å². The molecule has 2 rings (SSSR count). The fourth-order valence-corrected chi connectivity index (χ4v) is 3.28. The fourth-order valence-electron chi connectivity index (χ4n) is 2.18. The summed E-state index contributed by atoms with van der Waals surface area (Å²) in [7, 11) is -0.548. The van der Waals surface area contributed by atoms with Crippen LogP contribution >= 0.6 is 0 Å². The second-order valence-electron chi connectivity index (χ2n) is 5.18. The van der Waals surface area contributed by atoms with E-state index in [1.165, 1.54) is 25.3 Å². The van der Waals surface area contributed by atoms with Crippen LogP contribution in [-0.2, 0) is 19.5 Å². The molecule has 2 aromatic rings. The second-order valence-corrected chi connectivity index (χ2v) is 6.86. The molecular formula is C17H17NO8S. The van der Waals surface area contributed by atoms with Crippen molar-refractivity contribution in [3.05, 3.63) is 47.5 Å². The molecule has 0 amide bonds. The first-order valence-electron chi connectivity index (χ1n) is 7.44. The van der Waals surface area contributed by atoms with Gasteiger partial charge in [0.05, 0.1) is 37.5 Å². The van der Waals surface area contributed by atoms with Crippen molar-refractivity contribution in [2.45, 2.75) is 4.90 Å². The third-order valence-electron chi connectivity index (χ3n) is 3.56. The van der Waals surface area contributed by atoms with Crippen molar-refractivity contribution in [1.82, 2.24) is 0 Å². The number of carbonyl (C=O) groups is 2. The second kappa shape index (κ2) is 7.96. The highest BCUT2D eigenvalue weighted by atomic mass is 32.2. The number of esters is 2. The van der Waals surface area contributed by atoms with E-state index >= 15 is 0 Å². The molecule has 0 aliphatic rings. The van der Waals surface area contributed by atoms with Crippen LogP contribution in [0.4, 0.5) is 5.69 Å². The first-order chi connectivity index (χ1) is 12.7. The van der Waals surface area contributed by atoms with Gasteiger partial charge in [-0.15, -0.1) is 0 Å². The lowest BCUT2D eigenvalue weighted by molar-refractivity contribution is 0.0590. The Bertz CT molecular complexity index is 984. The number of rotatable bonds is 6. The summed E-state index contributed by atoms with van der Waals surface area (Å²) in [6, 6.07) is 7.23. The van der Waals surface area contributed by atoms with Crippen molar-refractivity contribution in [3.63, 3.8) is 0 Å². The summed E-state index contributed by atoms with van der Waals surface area (Å²) in [6.07, 6.45) is 0. The molecule has 0 aliphatic carbocycles. The molecule has 0 bridgehead atoms. The molecule has 10 heteroatoms. The predicted octanol–water partition coefficient (Wildman–Crippen LogP) is 1.77. The van der Waals surface area contributed by atoms with Crippen molar-refractivity contribution in [2.24, 2.45) is 0 Å².